The highest BCUT2D eigenvalue weighted by atomic mass is 16.5. The molecule has 3 atom stereocenters. The molecule has 0 amide bonds. The van der Waals surface area contributed by atoms with Crippen molar-refractivity contribution in [3.05, 3.63) is 0 Å². The Bertz CT molecular complexity index is 251. The Labute approximate surface area is 76.8 Å². The molecule has 0 spiro atoms. The molecule has 13 heavy (non-hydrogen) atoms. The van der Waals surface area contributed by atoms with E-state index in [1.54, 1.807) is 0 Å². The number of hydrogen-bond acceptors (Lipinski definition) is 4. The molecular weight excluding hydrogens is 170 g/mol. The lowest BCUT2D eigenvalue weighted by Gasteiger charge is -2.26. The van der Waals surface area contributed by atoms with Crippen LogP contribution < -0.4 is 0 Å². The van der Waals surface area contributed by atoms with Crippen molar-refractivity contribution in [1.82, 2.24) is 4.90 Å². The normalized spacial score (nSPS) is 37.6. The zero-order chi connectivity index (χ0) is 9.42. The average molecular weight is 183 g/mol. The van der Waals surface area contributed by atoms with Gasteiger partial charge in [-0.25, -0.2) is 0 Å². The van der Waals surface area contributed by atoms with E-state index in [-0.39, 0.29) is 23.6 Å². The molecular formula is C9H13NO3. The summed E-state index contributed by atoms with van der Waals surface area (Å²) in [7, 11) is 1.38. The number of ether oxygens (including phenoxy) is 1. The quantitative estimate of drug-likeness (QED) is 0.523. The Morgan fingerprint density at radius 3 is 3.08 bits per heavy atom. The van der Waals surface area contributed by atoms with E-state index in [1.165, 1.54) is 7.11 Å². The molecule has 2 fully saturated rings. The molecule has 1 unspecified atom stereocenters. The number of rotatable bonds is 1. The highest BCUT2D eigenvalue weighted by molar-refractivity contribution is 5.90. The number of fused-ring (bicyclic) bond motifs is 2. The van der Waals surface area contributed by atoms with Crippen LogP contribution in [0.1, 0.15) is 6.42 Å². The minimum absolute atomic E-state index is 0.0961. The van der Waals surface area contributed by atoms with E-state index < -0.39 is 0 Å². The Kier molecular flexibility index (Phi) is 2.07. The van der Waals surface area contributed by atoms with E-state index in [0.717, 1.165) is 19.5 Å². The summed E-state index contributed by atoms with van der Waals surface area (Å²) in [5, 5.41) is 0. The number of carbonyl (C=O) groups is 2. The van der Waals surface area contributed by atoms with Gasteiger partial charge in [0, 0.05) is 12.5 Å². The first kappa shape index (κ1) is 8.69. The van der Waals surface area contributed by atoms with Gasteiger partial charge >= 0.3 is 5.97 Å². The minimum Gasteiger partial charge on any atom is -0.469 e. The molecule has 2 heterocycles. The standard InChI is InChI=1S/C9H13NO3/c1-13-9(12)6-2-3-10-4-7(6)8(11)5-10/h6-7H,2-5H2,1H3/t6-,7+/m1/s1. The van der Waals surface area contributed by atoms with Crippen LogP contribution in [0.15, 0.2) is 0 Å². The molecule has 2 saturated heterocycles. The van der Waals surface area contributed by atoms with Crippen molar-refractivity contribution in [1.29, 1.82) is 0 Å². The Morgan fingerprint density at radius 2 is 2.38 bits per heavy atom. The van der Waals surface area contributed by atoms with Gasteiger partial charge < -0.3 is 4.74 Å². The average Bonchev–Trinajstić information content (AvgIpc) is 2.42. The van der Waals surface area contributed by atoms with Crippen LogP contribution in [0, 0.1) is 11.8 Å². The van der Waals surface area contributed by atoms with Crippen LogP contribution in [-0.4, -0.2) is 43.4 Å². The second-order valence-electron chi connectivity index (χ2n) is 3.73. The van der Waals surface area contributed by atoms with Gasteiger partial charge in [0.05, 0.1) is 19.6 Å². The van der Waals surface area contributed by atoms with Crippen LogP contribution >= 0.6 is 0 Å². The summed E-state index contributed by atoms with van der Waals surface area (Å²) in [5.41, 5.74) is 0. The van der Waals surface area contributed by atoms with Gasteiger partial charge in [-0.15, -0.1) is 0 Å². The van der Waals surface area contributed by atoms with Gasteiger partial charge in [0.25, 0.3) is 0 Å². The van der Waals surface area contributed by atoms with Crippen molar-refractivity contribution in [2.75, 3.05) is 26.7 Å². The van der Waals surface area contributed by atoms with Crippen molar-refractivity contribution in [2.45, 2.75) is 6.42 Å². The van der Waals surface area contributed by atoms with Crippen LogP contribution in [-0.2, 0) is 14.3 Å². The largest absolute Gasteiger partial charge is 0.469 e. The number of hydrogen-bond donors (Lipinski definition) is 0. The van der Waals surface area contributed by atoms with E-state index in [9.17, 15) is 9.59 Å². The molecule has 72 valence electrons. The maximum atomic E-state index is 11.4. The molecule has 0 saturated carbocycles. The maximum absolute atomic E-state index is 11.4. The van der Waals surface area contributed by atoms with Crippen molar-refractivity contribution >= 4 is 11.8 Å². The van der Waals surface area contributed by atoms with Crippen molar-refractivity contribution in [3.8, 4) is 0 Å². The molecule has 0 aliphatic carbocycles. The molecule has 4 nitrogen and oxygen atoms in total. The van der Waals surface area contributed by atoms with E-state index in [2.05, 4.69) is 9.64 Å². The summed E-state index contributed by atoms with van der Waals surface area (Å²) >= 11 is 0. The summed E-state index contributed by atoms with van der Waals surface area (Å²) in [6.45, 7) is 2.12. The van der Waals surface area contributed by atoms with Gasteiger partial charge in [0.15, 0.2) is 5.78 Å². The SMILES string of the molecule is COC(=O)[C@@H]1CCN2CC(=O)[C@H]1C2. The fourth-order valence-electron chi connectivity index (χ4n) is 2.26. The monoisotopic (exact) mass is 183 g/mol. The molecule has 0 aromatic carbocycles. The van der Waals surface area contributed by atoms with Gasteiger partial charge in [-0.2, -0.15) is 0 Å². The summed E-state index contributed by atoms with van der Waals surface area (Å²) in [6, 6.07) is 0. The number of piperidine rings is 1. The lowest BCUT2D eigenvalue weighted by atomic mass is 9.86. The minimum atomic E-state index is -0.222. The second-order valence-corrected chi connectivity index (χ2v) is 3.73. The van der Waals surface area contributed by atoms with E-state index in [0.29, 0.717) is 6.54 Å². The van der Waals surface area contributed by atoms with Crippen LogP contribution in [0.4, 0.5) is 0 Å². The fraction of sp³-hybridized carbons (Fsp3) is 0.778. The third-order valence-corrected chi connectivity index (χ3v) is 2.99. The number of esters is 1. The fourth-order valence-corrected chi connectivity index (χ4v) is 2.26. The number of ketones is 1. The van der Waals surface area contributed by atoms with E-state index >= 15 is 0 Å². The Hall–Kier alpha value is -0.900. The number of methoxy groups -OCH3 is 1. The van der Waals surface area contributed by atoms with Crippen molar-refractivity contribution in [2.24, 2.45) is 11.8 Å². The van der Waals surface area contributed by atoms with Crippen LogP contribution in [0.25, 0.3) is 0 Å². The Morgan fingerprint density at radius 1 is 1.62 bits per heavy atom. The zero-order valence-electron chi connectivity index (χ0n) is 7.66. The maximum Gasteiger partial charge on any atom is 0.309 e. The topological polar surface area (TPSA) is 46.6 Å². The van der Waals surface area contributed by atoms with Gasteiger partial charge in [-0.05, 0) is 13.0 Å². The summed E-state index contributed by atoms with van der Waals surface area (Å²) in [4.78, 5) is 24.8. The first-order valence-corrected chi connectivity index (χ1v) is 4.55. The lowest BCUT2D eigenvalue weighted by Crippen LogP contribution is -2.37. The third-order valence-electron chi connectivity index (χ3n) is 2.99. The first-order chi connectivity index (χ1) is 6.22. The predicted molar refractivity (Wildman–Crippen MR) is 45.1 cm³/mol. The number of carbonyl (C=O) groups excluding carboxylic acids is 2. The highest BCUT2D eigenvalue weighted by Crippen LogP contribution is 2.30. The smallest absolute Gasteiger partial charge is 0.309 e. The molecule has 2 aliphatic rings. The number of Topliss-reactive ketones (excluding diaryl/α,β-unsaturated/α-hetero) is 1. The first-order valence-electron chi connectivity index (χ1n) is 4.55. The van der Waals surface area contributed by atoms with Gasteiger partial charge in [-0.1, -0.05) is 0 Å². The van der Waals surface area contributed by atoms with Crippen molar-refractivity contribution < 1.29 is 14.3 Å². The van der Waals surface area contributed by atoms with Gasteiger partial charge in [0.2, 0.25) is 0 Å². The van der Waals surface area contributed by atoms with Crippen molar-refractivity contribution in [3.63, 3.8) is 0 Å². The van der Waals surface area contributed by atoms with Gasteiger partial charge in [-0.3, -0.25) is 14.5 Å². The van der Waals surface area contributed by atoms with Crippen LogP contribution in [0.2, 0.25) is 0 Å². The van der Waals surface area contributed by atoms with E-state index in [1.807, 2.05) is 0 Å². The van der Waals surface area contributed by atoms with E-state index in [4.69, 9.17) is 0 Å². The molecule has 0 N–H and O–H groups in total. The molecule has 0 aromatic heterocycles. The second kappa shape index (κ2) is 3.10. The summed E-state index contributed by atoms with van der Waals surface area (Å²) < 4.78 is 4.68. The highest BCUT2D eigenvalue weighted by Gasteiger charge is 2.44. The molecule has 0 aromatic rings. The molecule has 0 radical (unpaired) electrons. The molecule has 2 rings (SSSR count). The van der Waals surface area contributed by atoms with Crippen LogP contribution in [0.5, 0.6) is 0 Å². The lowest BCUT2D eigenvalue weighted by molar-refractivity contribution is -0.150. The zero-order valence-corrected chi connectivity index (χ0v) is 7.66. The number of nitrogens with zero attached hydrogens (tertiary/aromatic N) is 1. The summed E-state index contributed by atoms with van der Waals surface area (Å²) in [6.07, 6.45) is 0.767. The molecule has 2 bridgehead atoms. The molecule has 2 aliphatic heterocycles. The third kappa shape index (κ3) is 1.35. The molecule has 4 heteroatoms. The summed E-state index contributed by atoms with van der Waals surface area (Å²) in [5.74, 6) is -0.301. The Balaban J connectivity index is 2.13. The predicted octanol–water partition coefficient (Wildman–Crippen LogP) is -0.320. The van der Waals surface area contributed by atoms with Crippen LogP contribution in [0.3, 0.4) is 0 Å². The van der Waals surface area contributed by atoms with Gasteiger partial charge in [0.1, 0.15) is 0 Å².